The van der Waals surface area contributed by atoms with Gasteiger partial charge in [-0.15, -0.1) is 0 Å². The zero-order valence-corrected chi connectivity index (χ0v) is 18.8. The van der Waals surface area contributed by atoms with Crippen LogP contribution in [0.25, 0.3) is 0 Å². The van der Waals surface area contributed by atoms with Crippen molar-refractivity contribution in [2.24, 2.45) is 11.8 Å². The van der Waals surface area contributed by atoms with Crippen LogP contribution in [0.5, 0.6) is 5.75 Å². The summed E-state index contributed by atoms with van der Waals surface area (Å²) in [7, 11) is 0. The summed E-state index contributed by atoms with van der Waals surface area (Å²) in [5.74, 6) is 2.00. The summed E-state index contributed by atoms with van der Waals surface area (Å²) in [5, 5.41) is 0. The second kappa shape index (κ2) is 14.4. The van der Waals surface area contributed by atoms with Gasteiger partial charge >= 0.3 is 5.97 Å². The highest BCUT2D eigenvalue weighted by atomic mass is 16.5. The Kier molecular flexibility index (Phi) is 11.8. The van der Waals surface area contributed by atoms with E-state index in [0.29, 0.717) is 18.1 Å². The molecular formula is C27H42O2. The molecule has 2 atom stereocenters. The molecule has 0 radical (unpaired) electrons. The summed E-state index contributed by atoms with van der Waals surface area (Å²) in [6.07, 6.45) is 19.8. The summed E-state index contributed by atoms with van der Waals surface area (Å²) < 4.78 is 5.49. The van der Waals surface area contributed by atoms with Crippen LogP contribution in [0.15, 0.2) is 42.0 Å². The standard InChI is InChI=1S/C27H42O2/c1-3-5-7-8-10-13-23-17-19-25(20-18-23)24(14-6-4-2)21-22-27(28)29-26-15-11-9-12-16-26/h9,11-12,15-16,19,23-24H,3-8,10,13-14,17-18,20-22H2,1-2H3. The van der Waals surface area contributed by atoms with Gasteiger partial charge in [-0.25, -0.2) is 0 Å². The van der Waals surface area contributed by atoms with Crippen LogP contribution in [0.2, 0.25) is 0 Å². The third kappa shape index (κ3) is 9.65. The first-order chi connectivity index (χ1) is 14.2. The monoisotopic (exact) mass is 398 g/mol. The molecule has 0 saturated heterocycles. The molecule has 0 aromatic heterocycles. The van der Waals surface area contributed by atoms with Crippen LogP contribution < -0.4 is 4.74 Å². The molecule has 1 aromatic rings. The normalized spacial score (nSPS) is 17.6. The maximum Gasteiger partial charge on any atom is 0.311 e. The molecule has 1 aliphatic carbocycles. The van der Waals surface area contributed by atoms with E-state index < -0.39 is 0 Å². The molecule has 162 valence electrons. The van der Waals surface area contributed by atoms with Gasteiger partial charge in [-0.2, -0.15) is 0 Å². The van der Waals surface area contributed by atoms with Crippen molar-refractivity contribution in [3.63, 3.8) is 0 Å². The number of rotatable bonds is 14. The molecular weight excluding hydrogens is 356 g/mol. The van der Waals surface area contributed by atoms with Crippen molar-refractivity contribution in [1.82, 2.24) is 0 Å². The van der Waals surface area contributed by atoms with E-state index >= 15 is 0 Å². The van der Waals surface area contributed by atoms with Gasteiger partial charge in [0.15, 0.2) is 0 Å². The number of benzene rings is 1. The fourth-order valence-electron chi connectivity index (χ4n) is 4.51. The number of allylic oxidation sites excluding steroid dienone is 2. The van der Waals surface area contributed by atoms with Gasteiger partial charge in [-0.1, -0.05) is 95.1 Å². The number of esters is 1. The predicted octanol–water partition coefficient (Wildman–Crippen LogP) is 8.27. The van der Waals surface area contributed by atoms with Crippen LogP contribution in [0, 0.1) is 11.8 Å². The summed E-state index contributed by atoms with van der Waals surface area (Å²) in [6.45, 7) is 4.54. The quantitative estimate of drug-likeness (QED) is 0.136. The van der Waals surface area contributed by atoms with E-state index in [9.17, 15) is 4.79 Å². The fourth-order valence-corrected chi connectivity index (χ4v) is 4.51. The molecule has 2 heteroatoms. The van der Waals surface area contributed by atoms with E-state index in [4.69, 9.17) is 4.74 Å². The van der Waals surface area contributed by atoms with E-state index in [2.05, 4.69) is 19.9 Å². The first-order valence-electron chi connectivity index (χ1n) is 12.2. The average Bonchev–Trinajstić information content (AvgIpc) is 2.75. The number of hydrogen-bond donors (Lipinski definition) is 0. The van der Waals surface area contributed by atoms with Gasteiger partial charge in [0.05, 0.1) is 0 Å². The predicted molar refractivity (Wildman–Crippen MR) is 123 cm³/mol. The van der Waals surface area contributed by atoms with Crippen molar-refractivity contribution in [3.8, 4) is 5.75 Å². The van der Waals surface area contributed by atoms with Gasteiger partial charge < -0.3 is 4.74 Å². The van der Waals surface area contributed by atoms with Gasteiger partial charge in [0.1, 0.15) is 5.75 Å². The number of hydrogen-bond acceptors (Lipinski definition) is 2. The molecule has 0 heterocycles. The Labute approximate surface area is 179 Å². The number of para-hydroxylation sites is 1. The van der Waals surface area contributed by atoms with Crippen molar-refractivity contribution in [2.75, 3.05) is 0 Å². The van der Waals surface area contributed by atoms with Gasteiger partial charge in [0.25, 0.3) is 0 Å². The smallest absolute Gasteiger partial charge is 0.311 e. The fraction of sp³-hybridized carbons (Fsp3) is 0.667. The van der Waals surface area contributed by atoms with Crippen LogP contribution in [0.4, 0.5) is 0 Å². The minimum atomic E-state index is -0.0981. The zero-order valence-electron chi connectivity index (χ0n) is 18.8. The number of ether oxygens (including phenoxy) is 1. The van der Waals surface area contributed by atoms with Crippen LogP contribution in [0.1, 0.15) is 104 Å². The lowest BCUT2D eigenvalue weighted by molar-refractivity contribution is -0.134. The molecule has 1 aliphatic rings. The Morgan fingerprint density at radius 2 is 1.76 bits per heavy atom. The minimum absolute atomic E-state index is 0.0981. The highest BCUT2D eigenvalue weighted by Crippen LogP contribution is 2.35. The van der Waals surface area contributed by atoms with Gasteiger partial charge in [-0.3, -0.25) is 4.79 Å². The lowest BCUT2D eigenvalue weighted by atomic mass is 9.79. The Bertz CT molecular complexity index is 590. The number of carbonyl (C=O) groups is 1. The summed E-state index contributed by atoms with van der Waals surface area (Å²) in [6, 6.07) is 9.43. The third-order valence-corrected chi connectivity index (χ3v) is 6.37. The SMILES string of the molecule is CCCCCCCC1CC=C(C(CCCC)CCC(=O)Oc2ccccc2)CC1. The lowest BCUT2D eigenvalue weighted by Gasteiger charge is -2.27. The molecule has 0 aliphatic heterocycles. The van der Waals surface area contributed by atoms with Gasteiger partial charge in [0.2, 0.25) is 0 Å². The zero-order chi connectivity index (χ0) is 20.7. The van der Waals surface area contributed by atoms with E-state index in [1.54, 1.807) is 5.57 Å². The Morgan fingerprint density at radius 3 is 2.45 bits per heavy atom. The molecule has 0 saturated carbocycles. The number of unbranched alkanes of at least 4 members (excludes halogenated alkanes) is 5. The Balaban J connectivity index is 1.77. The Morgan fingerprint density at radius 1 is 1.00 bits per heavy atom. The second-order valence-corrected chi connectivity index (χ2v) is 8.79. The molecule has 2 nitrogen and oxygen atoms in total. The summed E-state index contributed by atoms with van der Waals surface area (Å²) >= 11 is 0. The molecule has 2 rings (SSSR count). The maximum absolute atomic E-state index is 12.3. The molecule has 0 spiro atoms. The Hall–Kier alpha value is -1.57. The topological polar surface area (TPSA) is 26.3 Å². The van der Waals surface area contributed by atoms with Crippen LogP contribution in [-0.2, 0) is 4.79 Å². The van der Waals surface area contributed by atoms with Crippen molar-refractivity contribution >= 4 is 5.97 Å². The maximum atomic E-state index is 12.3. The van der Waals surface area contributed by atoms with E-state index in [1.807, 2.05) is 30.3 Å². The van der Waals surface area contributed by atoms with Gasteiger partial charge in [0, 0.05) is 6.42 Å². The first kappa shape index (κ1) is 23.7. The van der Waals surface area contributed by atoms with Crippen molar-refractivity contribution in [1.29, 1.82) is 0 Å². The molecule has 1 aromatic carbocycles. The first-order valence-corrected chi connectivity index (χ1v) is 12.2. The van der Waals surface area contributed by atoms with Crippen LogP contribution >= 0.6 is 0 Å². The summed E-state index contributed by atoms with van der Waals surface area (Å²) in [5.41, 5.74) is 1.62. The molecule has 2 unspecified atom stereocenters. The van der Waals surface area contributed by atoms with Crippen molar-refractivity contribution in [3.05, 3.63) is 42.0 Å². The molecule has 0 bridgehead atoms. The molecule has 0 N–H and O–H groups in total. The highest BCUT2D eigenvalue weighted by Gasteiger charge is 2.21. The van der Waals surface area contributed by atoms with E-state index in [1.165, 1.54) is 77.0 Å². The minimum Gasteiger partial charge on any atom is -0.427 e. The lowest BCUT2D eigenvalue weighted by Crippen LogP contribution is -2.15. The molecule has 0 amide bonds. The van der Waals surface area contributed by atoms with Crippen molar-refractivity contribution in [2.45, 2.75) is 104 Å². The number of carbonyl (C=O) groups excluding carboxylic acids is 1. The average molecular weight is 399 g/mol. The van der Waals surface area contributed by atoms with Crippen LogP contribution in [0.3, 0.4) is 0 Å². The largest absolute Gasteiger partial charge is 0.427 e. The summed E-state index contributed by atoms with van der Waals surface area (Å²) in [4.78, 5) is 12.3. The second-order valence-electron chi connectivity index (χ2n) is 8.79. The van der Waals surface area contributed by atoms with Crippen LogP contribution in [-0.4, -0.2) is 5.97 Å². The highest BCUT2D eigenvalue weighted by molar-refractivity contribution is 5.72. The van der Waals surface area contributed by atoms with Gasteiger partial charge in [-0.05, 0) is 56.1 Å². The third-order valence-electron chi connectivity index (χ3n) is 6.37. The van der Waals surface area contributed by atoms with Crippen molar-refractivity contribution < 1.29 is 9.53 Å². The molecule has 0 fully saturated rings. The molecule has 29 heavy (non-hydrogen) atoms. The van der Waals surface area contributed by atoms with E-state index in [-0.39, 0.29) is 5.97 Å². The van der Waals surface area contributed by atoms with E-state index in [0.717, 1.165) is 12.3 Å².